The van der Waals surface area contributed by atoms with Crippen LogP contribution in [0.5, 0.6) is 0 Å². The van der Waals surface area contributed by atoms with Gasteiger partial charge in [0.05, 0.1) is 9.82 Å². The van der Waals surface area contributed by atoms with Gasteiger partial charge in [0.2, 0.25) is 5.91 Å². The number of hydrogen-bond acceptors (Lipinski definition) is 5. The van der Waals surface area contributed by atoms with E-state index in [4.69, 9.17) is 11.6 Å². The molecule has 2 N–H and O–H groups in total. The van der Waals surface area contributed by atoms with Gasteiger partial charge in [0.25, 0.3) is 15.7 Å². The summed E-state index contributed by atoms with van der Waals surface area (Å²) in [7, 11) is -4.04. The summed E-state index contributed by atoms with van der Waals surface area (Å²) in [5.41, 5.74) is 0.959. The van der Waals surface area contributed by atoms with Crippen molar-refractivity contribution in [1.82, 2.24) is 0 Å². The number of carbonyl (C=O) groups excluding carboxylic acids is 1. The maximum atomic E-state index is 12.4. The van der Waals surface area contributed by atoms with Crippen LogP contribution >= 0.6 is 11.6 Å². The highest BCUT2D eigenvalue weighted by molar-refractivity contribution is 7.92. The van der Waals surface area contributed by atoms with Crippen molar-refractivity contribution in [2.75, 3.05) is 10.0 Å². The molecule has 0 saturated carbocycles. The van der Waals surface area contributed by atoms with Gasteiger partial charge in [0, 0.05) is 24.4 Å². The van der Waals surface area contributed by atoms with Crippen molar-refractivity contribution in [2.45, 2.75) is 18.7 Å². The summed E-state index contributed by atoms with van der Waals surface area (Å²) in [6, 6.07) is 7.78. The first-order chi connectivity index (χ1) is 11.6. The Morgan fingerprint density at radius 1 is 1.20 bits per heavy atom. The molecule has 132 valence electrons. The predicted octanol–water partition coefficient (Wildman–Crippen LogP) is 3.32. The molecule has 0 aliphatic rings. The topological polar surface area (TPSA) is 118 Å². The third kappa shape index (κ3) is 4.46. The standard InChI is InChI=1S/C15H14ClN3O5S/c1-9-7-11(3-6-14(9)17-10(2)20)18-25(23,24)12-4-5-13(16)15(8-12)19(21)22/h3-8,18H,1-2H3,(H,17,20). The van der Waals surface area contributed by atoms with Crippen LogP contribution in [0.3, 0.4) is 0 Å². The number of rotatable bonds is 5. The zero-order chi connectivity index (χ0) is 18.8. The molecule has 0 bridgehead atoms. The third-order valence-electron chi connectivity index (χ3n) is 3.21. The number of amides is 1. The van der Waals surface area contributed by atoms with Crippen molar-refractivity contribution in [3.63, 3.8) is 0 Å². The summed E-state index contributed by atoms with van der Waals surface area (Å²) in [6.07, 6.45) is 0. The smallest absolute Gasteiger partial charge is 0.289 e. The molecule has 0 aromatic heterocycles. The van der Waals surface area contributed by atoms with Gasteiger partial charge >= 0.3 is 0 Å². The number of anilines is 2. The molecule has 2 rings (SSSR count). The highest BCUT2D eigenvalue weighted by Crippen LogP contribution is 2.28. The number of carbonyl (C=O) groups is 1. The summed E-state index contributed by atoms with van der Waals surface area (Å²) in [5.74, 6) is -0.245. The van der Waals surface area contributed by atoms with Crippen molar-refractivity contribution in [1.29, 1.82) is 0 Å². The predicted molar refractivity (Wildman–Crippen MR) is 94.4 cm³/mol. The summed E-state index contributed by atoms with van der Waals surface area (Å²) < 4.78 is 27.2. The Hall–Kier alpha value is -2.65. The van der Waals surface area contributed by atoms with Crippen LogP contribution in [0.4, 0.5) is 17.1 Å². The van der Waals surface area contributed by atoms with Crippen molar-refractivity contribution in [3.05, 3.63) is 57.1 Å². The Morgan fingerprint density at radius 3 is 2.44 bits per heavy atom. The molecule has 0 atom stereocenters. The van der Waals surface area contributed by atoms with E-state index in [1.807, 2.05) is 0 Å². The van der Waals surface area contributed by atoms with Gasteiger partial charge < -0.3 is 5.32 Å². The van der Waals surface area contributed by atoms with Gasteiger partial charge in [-0.2, -0.15) is 0 Å². The van der Waals surface area contributed by atoms with Crippen LogP contribution in [0.2, 0.25) is 5.02 Å². The number of hydrogen-bond donors (Lipinski definition) is 2. The van der Waals surface area contributed by atoms with E-state index < -0.39 is 20.6 Å². The van der Waals surface area contributed by atoms with Gasteiger partial charge in [0.15, 0.2) is 0 Å². The van der Waals surface area contributed by atoms with E-state index in [1.54, 1.807) is 13.0 Å². The summed E-state index contributed by atoms with van der Waals surface area (Å²) in [5, 5.41) is 13.4. The van der Waals surface area contributed by atoms with Gasteiger partial charge in [-0.3, -0.25) is 19.6 Å². The van der Waals surface area contributed by atoms with Gasteiger partial charge in [-0.1, -0.05) is 11.6 Å². The third-order valence-corrected chi connectivity index (χ3v) is 4.91. The van der Waals surface area contributed by atoms with Gasteiger partial charge in [-0.05, 0) is 42.8 Å². The van der Waals surface area contributed by atoms with Crippen LogP contribution in [0, 0.1) is 17.0 Å². The molecule has 0 radical (unpaired) electrons. The summed E-state index contributed by atoms with van der Waals surface area (Å²) in [6.45, 7) is 3.07. The largest absolute Gasteiger partial charge is 0.326 e. The average Bonchev–Trinajstić information content (AvgIpc) is 2.49. The normalized spacial score (nSPS) is 11.0. The molecule has 0 unspecified atom stereocenters. The highest BCUT2D eigenvalue weighted by atomic mass is 35.5. The number of nitrogens with zero attached hydrogens (tertiary/aromatic N) is 1. The SMILES string of the molecule is CC(=O)Nc1ccc(NS(=O)(=O)c2ccc(Cl)c([N+](=O)[O-])c2)cc1C. The van der Waals surface area contributed by atoms with Gasteiger partial charge in [-0.25, -0.2) is 8.42 Å². The minimum Gasteiger partial charge on any atom is -0.326 e. The lowest BCUT2D eigenvalue weighted by Crippen LogP contribution is -2.14. The Balaban J connectivity index is 2.33. The van der Waals surface area contributed by atoms with Crippen molar-refractivity contribution in [3.8, 4) is 0 Å². The molecule has 8 nitrogen and oxygen atoms in total. The Morgan fingerprint density at radius 2 is 1.88 bits per heavy atom. The molecular weight excluding hydrogens is 370 g/mol. The van der Waals surface area contributed by atoms with E-state index in [0.29, 0.717) is 11.3 Å². The number of nitro groups is 1. The lowest BCUT2D eigenvalue weighted by Gasteiger charge is -2.11. The first-order valence-electron chi connectivity index (χ1n) is 6.95. The minimum atomic E-state index is -4.04. The Bertz CT molecular complexity index is 960. The zero-order valence-corrected chi connectivity index (χ0v) is 14.8. The second-order valence-electron chi connectivity index (χ2n) is 5.19. The quantitative estimate of drug-likeness (QED) is 0.606. The molecule has 0 spiro atoms. The molecule has 0 heterocycles. The number of benzene rings is 2. The van der Waals surface area contributed by atoms with E-state index in [-0.39, 0.29) is 21.5 Å². The fourth-order valence-electron chi connectivity index (χ4n) is 2.07. The number of sulfonamides is 1. The second-order valence-corrected chi connectivity index (χ2v) is 7.28. The van der Waals surface area contributed by atoms with Crippen molar-refractivity contribution in [2.24, 2.45) is 0 Å². The molecule has 2 aromatic carbocycles. The van der Waals surface area contributed by atoms with Crippen LogP contribution in [-0.4, -0.2) is 19.2 Å². The van der Waals surface area contributed by atoms with E-state index in [2.05, 4.69) is 10.0 Å². The lowest BCUT2D eigenvalue weighted by atomic mass is 10.2. The second kappa shape index (κ2) is 7.08. The molecule has 10 heteroatoms. The van der Waals surface area contributed by atoms with E-state index in [1.165, 1.54) is 25.1 Å². The van der Waals surface area contributed by atoms with Gasteiger partial charge in [0.1, 0.15) is 5.02 Å². The molecule has 1 amide bonds. The number of aryl methyl sites for hydroxylation is 1. The number of nitro benzene ring substituents is 1. The summed E-state index contributed by atoms with van der Waals surface area (Å²) >= 11 is 5.69. The molecule has 0 aliphatic carbocycles. The van der Waals surface area contributed by atoms with Gasteiger partial charge in [-0.15, -0.1) is 0 Å². The molecule has 25 heavy (non-hydrogen) atoms. The fourth-order valence-corrected chi connectivity index (χ4v) is 3.33. The minimum absolute atomic E-state index is 0.153. The van der Waals surface area contributed by atoms with E-state index in [0.717, 1.165) is 12.1 Å². The lowest BCUT2D eigenvalue weighted by molar-refractivity contribution is -0.384. The molecule has 0 saturated heterocycles. The highest BCUT2D eigenvalue weighted by Gasteiger charge is 2.21. The van der Waals surface area contributed by atoms with Crippen molar-refractivity contribution < 1.29 is 18.1 Å². The van der Waals surface area contributed by atoms with E-state index in [9.17, 15) is 23.3 Å². The van der Waals surface area contributed by atoms with Crippen LogP contribution < -0.4 is 10.0 Å². The van der Waals surface area contributed by atoms with Crippen LogP contribution in [-0.2, 0) is 14.8 Å². The first-order valence-corrected chi connectivity index (χ1v) is 8.81. The number of halogens is 1. The first kappa shape index (κ1) is 18.7. The van der Waals surface area contributed by atoms with E-state index >= 15 is 0 Å². The molecular formula is C15H14ClN3O5S. The maximum absolute atomic E-state index is 12.4. The monoisotopic (exact) mass is 383 g/mol. The van der Waals surface area contributed by atoms with Crippen LogP contribution in [0.15, 0.2) is 41.3 Å². The maximum Gasteiger partial charge on any atom is 0.289 e. The number of nitrogens with one attached hydrogen (secondary N) is 2. The fraction of sp³-hybridized carbons (Fsp3) is 0.133. The average molecular weight is 384 g/mol. The Labute approximate surface area is 149 Å². The molecule has 0 fully saturated rings. The van der Waals surface area contributed by atoms with Crippen molar-refractivity contribution >= 4 is 44.6 Å². The Kier molecular flexibility index (Phi) is 5.29. The van der Waals surface area contributed by atoms with Crippen LogP contribution in [0.1, 0.15) is 12.5 Å². The molecule has 0 aliphatic heterocycles. The summed E-state index contributed by atoms with van der Waals surface area (Å²) in [4.78, 5) is 20.9. The van der Waals surface area contributed by atoms with Crippen LogP contribution in [0.25, 0.3) is 0 Å². The zero-order valence-electron chi connectivity index (χ0n) is 13.2. The molecule has 2 aromatic rings.